The molecule has 4 heteroatoms. The molecule has 1 aliphatic rings. The normalized spacial score (nSPS) is 19.3. The second-order valence-corrected chi connectivity index (χ2v) is 4.07. The van der Waals surface area contributed by atoms with Crippen LogP contribution in [0.25, 0.3) is 0 Å². The minimum absolute atomic E-state index is 0.310. The van der Waals surface area contributed by atoms with Gasteiger partial charge in [0.2, 0.25) is 5.91 Å². The number of carbonyl (C=O) groups is 1. The van der Waals surface area contributed by atoms with Gasteiger partial charge in [0, 0.05) is 13.2 Å². The van der Waals surface area contributed by atoms with Gasteiger partial charge in [-0.2, -0.15) is 0 Å². The molecule has 1 aromatic carbocycles. The minimum atomic E-state index is -0.689. The molecule has 0 bridgehead atoms. The van der Waals surface area contributed by atoms with Crippen molar-refractivity contribution in [2.75, 3.05) is 13.2 Å². The number of halogens is 1. The zero-order valence-corrected chi connectivity index (χ0v) is 8.91. The van der Waals surface area contributed by atoms with Gasteiger partial charge >= 0.3 is 0 Å². The predicted octanol–water partition coefficient (Wildman–Crippen LogP) is 1.36. The SMILES string of the molecule is NC(=O)C1(c2ccc(F)cc2)CCOCC1. The van der Waals surface area contributed by atoms with E-state index in [1.54, 1.807) is 12.1 Å². The van der Waals surface area contributed by atoms with Crippen LogP contribution in [0.5, 0.6) is 0 Å². The van der Waals surface area contributed by atoms with Crippen molar-refractivity contribution in [2.24, 2.45) is 5.73 Å². The molecular weight excluding hydrogens is 209 g/mol. The number of nitrogens with two attached hydrogens (primary N) is 1. The standard InChI is InChI=1S/C12H14FNO2/c13-10-3-1-9(2-4-10)12(11(14)15)5-7-16-8-6-12/h1-4H,5-8H2,(H2,14,15). The molecule has 2 N–H and O–H groups in total. The van der Waals surface area contributed by atoms with Crippen LogP contribution in [-0.4, -0.2) is 19.1 Å². The average molecular weight is 223 g/mol. The summed E-state index contributed by atoms with van der Waals surface area (Å²) in [7, 11) is 0. The van der Waals surface area contributed by atoms with Crippen LogP contribution in [0.4, 0.5) is 4.39 Å². The van der Waals surface area contributed by atoms with Crippen molar-refractivity contribution in [3.05, 3.63) is 35.6 Å². The Morgan fingerprint density at radius 3 is 2.31 bits per heavy atom. The maximum atomic E-state index is 12.8. The van der Waals surface area contributed by atoms with E-state index in [-0.39, 0.29) is 11.7 Å². The number of carbonyl (C=O) groups excluding carboxylic acids is 1. The Labute approximate surface area is 93.4 Å². The zero-order chi connectivity index (χ0) is 11.6. The third-order valence-corrected chi connectivity index (χ3v) is 3.21. The van der Waals surface area contributed by atoms with Gasteiger partial charge in [-0.1, -0.05) is 12.1 Å². The number of hydrogen-bond acceptors (Lipinski definition) is 2. The highest BCUT2D eigenvalue weighted by Crippen LogP contribution is 2.34. The molecule has 0 aromatic heterocycles. The second kappa shape index (κ2) is 4.22. The Hall–Kier alpha value is -1.42. The van der Waals surface area contributed by atoms with Crippen molar-refractivity contribution >= 4 is 5.91 Å². The molecule has 1 aromatic rings. The Morgan fingerprint density at radius 1 is 1.25 bits per heavy atom. The van der Waals surface area contributed by atoms with Gasteiger partial charge in [0.1, 0.15) is 5.82 Å². The largest absolute Gasteiger partial charge is 0.381 e. The Balaban J connectivity index is 2.38. The van der Waals surface area contributed by atoms with E-state index < -0.39 is 5.41 Å². The number of rotatable bonds is 2. The Morgan fingerprint density at radius 2 is 1.81 bits per heavy atom. The lowest BCUT2D eigenvalue weighted by Gasteiger charge is -2.34. The van der Waals surface area contributed by atoms with E-state index in [9.17, 15) is 9.18 Å². The van der Waals surface area contributed by atoms with Gasteiger partial charge in [-0.3, -0.25) is 4.79 Å². The summed E-state index contributed by atoms with van der Waals surface area (Å²) in [6.45, 7) is 1.03. The van der Waals surface area contributed by atoms with Crippen LogP contribution in [0.15, 0.2) is 24.3 Å². The fourth-order valence-electron chi connectivity index (χ4n) is 2.17. The molecule has 0 saturated carbocycles. The van der Waals surface area contributed by atoms with Crippen molar-refractivity contribution in [3.63, 3.8) is 0 Å². The number of hydrogen-bond donors (Lipinski definition) is 1. The van der Waals surface area contributed by atoms with Crippen LogP contribution in [0.2, 0.25) is 0 Å². The highest BCUT2D eigenvalue weighted by Gasteiger charge is 2.39. The van der Waals surface area contributed by atoms with E-state index in [0.29, 0.717) is 26.1 Å². The molecule has 0 atom stereocenters. The summed E-state index contributed by atoms with van der Waals surface area (Å²) in [6, 6.07) is 5.97. The molecule has 1 saturated heterocycles. The molecule has 1 heterocycles. The molecule has 3 nitrogen and oxygen atoms in total. The van der Waals surface area contributed by atoms with E-state index in [0.717, 1.165) is 5.56 Å². The highest BCUT2D eigenvalue weighted by atomic mass is 19.1. The molecule has 0 unspecified atom stereocenters. The fourth-order valence-corrected chi connectivity index (χ4v) is 2.17. The third-order valence-electron chi connectivity index (χ3n) is 3.21. The lowest BCUT2D eigenvalue weighted by Crippen LogP contribution is -2.45. The van der Waals surface area contributed by atoms with E-state index in [2.05, 4.69) is 0 Å². The summed E-state index contributed by atoms with van der Waals surface area (Å²) in [4.78, 5) is 11.6. The van der Waals surface area contributed by atoms with Gasteiger partial charge in [0.05, 0.1) is 5.41 Å². The lowest BCUT2D eigenvalue weighted by molar-refractivity contribution is -0.127. The van der Waals surface area contributed by atoms with Crippen LogP contribution >= 0.6 is 0 Å². The first-order chi connectivity index (χ1) is 7.65. The number of primary amides is 1. The Bertz CT molecular complexity index is 383. The van der Waals surface area contributed by atoms with E-state index in [4.69, 9.17) is 10.5 Å². The van der Waals surface area contributed by atoms with Crippen molar-refractivity contribution in [1.29, 1.82) is 0 Å². The van der Waals surface area contributed by atoms with Gasteiger partial charge in [0.15, 0.2) is 0 Å². The van der Waals surface area contributed by atoms with Crippen LogP contribution in [0.1, 0.15) is 18.4 Å². The molecule has 0 spiro atoms. The topological polar surface area (TPSA) is 52.3 Å². The molecule has 0 radical (unpaired) electrons. The summed E-state index contributed by atoms with van der Waals surface area (Å²) >= 11 is 0. The number of ether oxygens (including phenoxy) is 1. The lowest BCUT2D eigenvalue weighted by atomic mass is 9.73. The van der Waals surface area contributed by atoms with Crippen LogP contribution in [0.3, 0.4) is 0 Å². The zero-order valence-electron chi connectivity index (χ0n) is 8.91. The Kier molecular flexibility index (Phi) is 2.92. The summed E-state index contributed by atoms with van der Waals surface area (Å²) in [5, 5.41) is 0. The van der Waals surface area contributed by atoms with E-state index in [1.165, 1.54) is 12.1 Å². The van der Waals surface area contributed by atoms with Crippen molar-refractivity contribution in [2.45, 2.75) is 18.3 Å². The summed E-state index contributed by atoms with van der Waals surface area (Å²) in [6.07, 6.45) is 1.13. The molecule has 0 aliphatic carbocycles. The van der Waals surface area contributed by atoms with Crippen LogP contribution < -0.4 is 5.73 Å². The van der Waals surface area contributed by atoms with Gasteiger partial charge < -0.3 is 10.5 Å². The minimum Gasteiger partial charge on any atom is -0.381 e. The molecule has 16 heavy (non-hydrogen) atoms. The molecule has 1 aliphatic heterocycles. The van der Waals surface area contributed by atoms with Gasteiger partial charge in [0.25, 0.3) is 0 Å². The average Bonchev–Trinajstić information content (AvgIpc) is 2.30. The quantitative estimate of drug-likeness (QED) is 0.823. The maximum absolute atomic E-state index is 12.8. The molecule has 1 fully saturated rings. The van der Waals surface area contributed by atoms with Crippen molar-refractivity contribution in [3.8, 4) is 0 Å². The smallest absolute Gasteiger partial charge is 0.228 e. The first-order valence-corrected chi connectivity index (χ1v) is 5.29. The number of amides is 1. The summed E-state index contributed by atoms with van der Waals surface area (Å²) < 4.78 is 18.1. The number of benzene rings is 1. The van der Waals surface area contributed by atoms with Crippen LogP contribution in [-0.2, 0) is 14.9 Å². The maximum Gasteiger partial charge on any atom is 0.228 e. The first-order valence-electron chi connectivity index (χ1n) is 5.29. The third kappa shape index (κ3) is 1.80. The molecule has 2 rings (SSSR count). The molecular formula is C12H14FNO2. The second-order valence-electron chi connectivity index (χ2n) is 4.07. The van der Waals surface area contributed by atoms with E-state index in [1.807, 2.05) is 0 Å². The van der Waals surface area contributed by atoms with Crippen LogP contribution in [0, 0.1) is 5.82 Å². The predicted molar refractivity (Wildman–Crippen MR) is 57.3 cm³/mol. The summed E-state index contributed by atoms with van der Waals surface area (Å²) in [5.41, 5.74) is 5.58. The van der Waals surface area contributed by atoms with Gasteiger partial charge in [-0.05, 0) is 30.5 Å². The molecule has 1 amide bonds. The fraction of sp³-hybridized carbons (Fsp3) is 0.417. The van der Waals surface area contributed by atoms with Crippen molar-refractivity contribution < 1.29 is 13.9 Å². The summed E-state index contributed by atoms with van der Waals surface area (Å²) in [5.74, 6) is -0.669. The van der Waals surface area contributed by atoms with Gasteiger partial charge in [-0.15, -0.1) is 0 Å². The van der Waals surface area contributed by atoms with Crippen molar-refractivity contribution in [1.82, 2.24) is 0 Å². The van der Waals surface area contributed by atoms with E-state index >= 15 is 0 Å². The molecule has 86 valence electrons. The monoisotopic (exact) mass is 223 g/mol. The highest BCUT2D eigenvalue weighted by molar-refractivity contribution is 5.86. The van der Waals surface area contributed by atoms with Gasteiger partial charge in [-0.25, -0.2) is 4.39 Å². The first kappa shape index (κ1) is 11.1.